The first-order chi connectivity index (χ1) is 7.45. The van der Waals surface area contributed by atoms with Gasteiger partial charge < -0.3 is 4.98 Å². The van der Waals surface area contributed by atoms with E-state index in [0.717, 1.165) is 11.5 Å². The zero-order valence-corrected chi connectivity index (χ0v) is 7.96. The quantitative estimate of drug-likeness (QED) is 0.762. The molecular weight excluding hydrogens is 188 g/mol. The highest BCUT2D eigenvalue weighted by atomic mass is 14.9. The molecule has 73 valence electrons. The fraction of sp³-hybridized carbons (Fsp3) is 0. The monoisotopic (exact) mass is 197 g/mol. The van der Waals surface area contributed by atoms with E-state index in [4.69, 9.17) is 0 Å². The van der Waals surface area contributed by atoms with Crippen LogP contribution in [0.4, 0.5) is 0 Å². The molecule has 2 aromatic heterocycles. The molecule has 0 aliphatic carbocycles. The van der Waals surface area contributed by atoms with E-state index in [9.17, 15) is 0 Å². The van der Waals surface area contributed by atoms with Crippen LogP contribution in [0.15, 0.2) is 37.1 Å². The normalized spacial score (nSPS) is 11.5. The van der Waals surface area contributed by atoms with Crippen LogP contribution in [0.25, 0.3) is 12.2 Å². The zero-order chi connectivity index (χ0) is 10.3. The minimum atomic E-state index is 0.779. The molecule has 2 aromatic rings. The Morgan fingerprint density at radius 3 is 2.93 bits per heavy atom. The van der Waals surface area contributed by atoms with Gasteiger partial charge >= 0.3 is 0 Å². The van der Waals surface area contributed by atoms with E-state index >= 15 is 0 Å². The van der Waals surface area contributed by atoms with Gasteiger partial charge in [0, 0.05) is 24.8 Å². The van der Waals surface area contributed by atoms with E-state index in [1.165, 1.54) is 0 Å². The molecule has 1 N–H and O–H groups in total. The van der Waals surface area contributed by atoms with Gasteiger partial charge in [0.25, 0.3) is 0 Å². The van der Waals surface area contributed by atoms with Crippen molar-refractivity contribution >= 4 is 12.2 Å². The topological polar surface area (TPSA) is 54.5 Å². The number of hydrogen-bond acceptors (Lipinski definition) is 3. The maximum atomic E-state index is 4.08. The van der Waals surface area contributed by atoms with E-state index in [2.05, 4.69) is 26.0 Å². The van der Waals surface area contributed by atoms with Gasteiger partial charge in [-0.25, -0.2) is 4.98 Å². The van der Waals surface area contributed by atoms with Crippen LogP contribution in [-0.4, -0.2) is 19.9 Å². The van der Waals surface area contributed by atoms with E-state index in [-0.39, 0.29) is 0 Å². The third kappa shape index (κ3) is 2.87. The van der Waals surface area contributed by atoms with E-state index < -0.39 is 0 Å². The Labute approximate surface area is 87.4 Å². The summed E-state index contributed by atoms with van der Waals surface area (Å²) in [5.74, 6) is 0.801. The second-order valence-electron chi connectivity index (χ2n) is 2.75. The van der Waals surface area contributed by atoms with Gasteiger partial charge in [-0.3, -0.25) is 9.97 Å². The molecule has 0 aliphatic heterocycles. The molecule has 0 saturated carbocycles. The summed E-state index contributed by atoms with van der Waals surface area (Å²) >= 11 is 0. The number of nitrogens with one attached hydrogen (secondary N) is 1. The predicted octanol–water partition coefficient (Wildman–Crippen LogP) is 1.73. The maximum absolute atomic E-state index is 4.08. The molecule has 0 saturated heterocycles. The molecule has 0 spiro atoms. The van der Waals surface area contributed by atoms with Crippen LogP contribution in [-0.2, 0) is 0 Å². The molecule has 0 aliphatic rings. The van der Waals surface area contributed by atoms with Gasteiger partial charge in [-0.1, -0.05) is 6.08 Å². The van der Waals surface area contributed by atoms with Gasteiger partial charge in [0.05, 0.1) is 11.9 Å². The molecule has 15 heavy (non-hydrogen) atoms. The van der Waals surface area contributed by atoms with Gasteiger partial charge in [0.15, 0.2) is 0 Å². The van der Waals surface area contributed by atoms with Crippen LogP contribution in [0.5, 0.6) is 0 Å². The Bertz CT molecular complexity index is 443. The summed E-state index contributed by atoms with van der Waals surface area (Å²) in [5, 5.41) is 0. The second kappa shape index (κ2) is 4.85. The highest BCUT2D eigenvalue weighted by Crippen LogP contribution is 1.95. The lowest BCUT2D eigenvalue weighted by molar-refractivity contribution is 1.18. The van der Waals surface area contributed by atoms with Crippen molar-refractivity contribution in [3.63, 3.8) is 0 Å². The lowest BCUT2D eigenvalue weighted by Gasteiger charge is -1.86. The molecule has 0 fully saturated rings. The van der Waals surface area contributed by atoms with Crippen LogP contribution in [0.1, 0.15) is 11.5 Å². The summed E-state index contributed by atoms with van der Waals surface area (Å²) in [6.07, 6.45) is 16.7. The smallest absolute Gasteiger partial charge is 0.129 e. The molecular formula is C11H9N4. The van der Waals surface area contributed by atoms with Gasteiger partial charge in [-0.15, -0.1) is 0 Å². The summed E-state index contributed by atoms with van der Waals surface area (Å²) in [7, 11) is 0. The summed E-state index contributed by atoms with van der Waals surface area (Å²) in [4.78, 5) is 15.0. The second-order valence-corrected chi connectivity index (χ2v) is 2.75. The van der Waals surface area contributed by atoms with Gasteiger partial charge in [-0.05, 0) is 18.2 Å². The predicted molar refractivity (Wildman–Crippen MR) is 57.4 cm³/mol. The number of aromatic amines is 1. The number of allylic oxidation sites excluding steroid dienone is 2. The van der Waals surface area contributed by atoms with Crippen molar-refractivity contribution in [3.8, 4) is 0 Å². The van der Waals surface area contributed by atoms with Crippen molar-refractivity contribution in [1.29, 1.82) is 0 Å². The maximum Gasteiger partial charge on any atom is 0.129 e. The van der Waals surface area contributed by atoms with Crippen LogP contribution in [0.2, 0.25) is 0 Å². The van der Waals surface area contributed by atoms with Crippen LogP contribution >= 0.6 is 0 Å². The molecule has 2 heterocycles. The Hall–Kier alpha value is -2.23. The largest absolute Gasteiger partial charge is 0.345 e. The molecule has 4 nitrogen and oxygen atoms in total. The number of rotatable bonds is 3. The molecule has 0 amide bonds. The standard InChI is InChI=1S/C11H9N4/c1(2-4-11-14-7-8-15-11)3-10-9-12-5-6-13-10/h2-9H,(H,14,15). The minimum Gasteiger partial charge on any atom is -0.345 e. The van der Waals surface area contributed by atoms with Crippen molar-refractivity contribution in [2.45, 2.75) is 0 Å². The average molecular weight is 197 g/mol. The average Bonchev–Trinajstić information content (AvgIpc) is 2.79. The summed E-state index contributed by atoms with van der Waals surface area (Å²) in [5.41, 5.74) is 0.779. The van der Waals surface area contributed by atoms with Crippen LogP contribution in [0, 0.1) is 6.08 Å². The fourth-order valence-electron chi connectivity index (χ4n) is 1.01. The summed E-state index contributed by atoms with van der Waals surface area (Å²) in [6.45, 7) is 0. The molecule has 0 bridgehead atoms. The lowest BCUT2D eigenvalue weighted by Crippen LogP contribution is -1.79. The lowest BCUT2D eigenvalue weighted by atomic mass is 10.3. The third-order valence-electron chi connectivity index (χ3n) is 1.67. The Balaban J connectivity index is 1.96. The van der Waals surface area contributed by atoms with Gasteiger partial charge in [0.1, 0.15) is 5.82 Å². The SMILES string of the molecule is [C](=Cc1cnccn1)C=Cc1ncc[nH]1. The highest BCUT2D eigenvalue weighted by Gasteiger charge is 1.85. The minimum absolute atomic E-state index is 0.779. The van der Waals surface area contributed by atoms with Crippen molar-refractivity contribution in [3.05, 3.63) is 54.7 Å². The third-order valence-corrected chi connectivity index (χ3v) is 1.67. The zero-order valence-electron chi connectivity index (χ0n) is 7.96. The summed E-state index contributed by atoms with van der Waals surface area (Å²) in [6, 6.07) is 0. The molecule has 0 unspecified atom stereocenters. The number of imidazole rings is 1. The highest BCUT2D eigenvalue weighted by molar-refractivity contribution is 5.48. The first-order valence-corrected chi connectivity index (χ1v) is 4.46. The van der Waals surface area contributed by atoms with Gasteiger partial charge in [-0.2, -0.15) is 0 Å². The van der Waals surface area contributed by atoms with Crippen molar-refractivity contribution in [1.82, 2.24) is 19.9 Å². The number of hydrogen-bond donors (Lipinski definition) is 1. The number of nitrogens with zero attached hydrogens (tertiary/aromatic N) is 3. The summed E-state index contributed by atoms with van der Waals surface area (Å²) < 4.78 is 0. The van der Waals surface area contributed by atoms with Crippen molar-refractivity contribution in [2.75, 3.05) is 0 Å². The fourth-order valence-corrected chi connectivity index (χ4v) is 1.01. The van der Waals surface area contributed by atoms with E-state index in [1.807, 2.05) is 6.08 Å². The molecule has 1 radical (unpaired) electrons. The van der Waals surface area contributed by atoms with Crippen molar-refractivity contribution < 1.29 is 0 Å². The van der Waals surface area contributed by atoms with Crippen molar-refractivity contribution in [2.24, 2.45) is 0 Å². The van der Waals surface area contributed by atoms with Gasteiger partial charge in [0.2, 0.25) is 0 Å². The first kappa shape index (κ1) is 9.33. The first-order valence-electron chi connectivity index (χ1n) is 4.46. The number of H-pyrrole nitrogens is 1. The van der Waals surface area contributed by atoms with E-state index in [1.54, 1.807) is 43.1 Å². The molecule has 0 atom stereocenters. The Morgan fingerprint density at radius 1 is 1.20 bits per heavy atom. The molecule has 4 heteroatoms. The van der Waals surface area contributed by atoms with Crippen LogP contribution < -0.4 is 0 Å². The molecule has 2 rings (SSSR count). The molecule has 0 aromatic carbocycles. The Kier molecular flexibility index (Phi) is 3.02. The Morgan fingerprint density at radius 2 is 2.20 bits per heavy atom. The number of aromatic nitrogens is 4. The van der Waals surface area contributed by atoms with Crippen LogP contribution in [0.3, 0.4) is 0 Å². The van der Waals surface area contributed by atoms with E-state index in [0.29, 0.717) is 0 Å².